The van der Waals surface area contributed by atoms with Gasteiger partial charge in [0, 0.05) is 24.7 Å². The number of amides is 1. The molecule has 1 aliphatic carbocycles. The molecular formula is C12H15ClFN3O3S. The zero-order chi connectivity index (χ0) is 15.6. The first-order valence-electron chi connectivity index (χ1n) is 6.33. The van der Waals surface area contributed by atoms with Gasteiger partial charge in [-0.2, -0.15) is 0 Å². The van der Waals surface area contributed by atoms with Gasteiger partial charge >= 0.3 is 0 Å². The van der Waals surface area contributed by atoms with Crippen LogP contribution in [0, 0.1) is 5.82 Å². The number of halogens is 2. The van der Waals surface area contributed by atoms with Crippen LogP contribution >= 0.6 is 11.6 Å². The number of rotatable bonds is 6. The Morgan fingerprint density at radius 2 is 2.10 bits per heavy atom. The van der Waals surface area contributed by atoms with Gasteiger partial charge in [0.2, 0.25) is 15.9 Å². The van der Waals surface area contributed by atoms with Gasteiger partial charge in [-0.05, 0) is 25.0 Å². The highest BCUT2D eigenvalue weighted by Gasteiger charge is 2.24. The predicted molar refractivity (Wildman–Crippen MR) is 76.8 cm³/mol. The Kier molecular flexibility index (Phi) is 4.70. The van der Waals surface area contributed by atoms with Gasteiger partial charge in [0.15, 0.2) is 5.82 Å². The minimum atomic E-state index is -4.11. The first-order chi connectivity index (χ1) is 9.79. The Labute approximate surface area is 126 Å². The summed E-state index contributed by atoms with van der Waals surface area (Å²) in [6, 6.07) is 2.31. The van der Waals surface area contributed by atoms with E-state index < -0.39 is 20.7 Å². The summed E-state index contributed by atoms with van der Waals surface area (Å²) in [5, 5.41) is 2.35. The molecule has 1 aromatic carbocycles. The van der Waals surface area contributed by atoms with Crippen LogP contribution < -0.4 is 15.8 Å². The lowest BCUT2D eigenvalue weighted by Crippen LogP contribution is -2.32. The highest BCUT2D eigenvalue weighted by molar-refractivity contribution is 7.89. The van der Waals surface area contributed by atoms with E-state index in [1.807, 2.05) is 0 Å². The molecule has 0 atom stereocenters. The molecule has 0 radical (unpaired) electrons. The zero-order valence-electron chi connectivity index (χ0n) is 11.0. The molecule has 0 aliphatic heterocycles. The average Bonchev–Trinajstić information content (AvgIpc) is 3.17. The predicted octanol–water partition coefficient (Wildman–Crippen LogP) is 1.01. The quantitative estimate of drug-likeness (QED) is 0.675. The largest absolute Gasteiger partial charge is 0.399 e. The van der Waals surface area contributed by atoms with Crippen molar-refractivity contribution in [3.05, 3.63) is 23.0 Å². The van der Waals surface area contributed by atoms with Crippen LogP contribution in [0.4, 0.5) is 10.1 Å². The van der Waals surface area contributed by atoms with Gasteiger partial charge in [-0.25, -0.2) is 17.5 Å². The average molecular weight is 336 g/mol. The molecule has 6 nitrogen and oxygen atoms in total. The van der Waals surface area contributed by atoms with Crippen LogP contribution in [0.25, 0.3) is 0 Å². The second-order valence-corrected chi connectivity index (χ2v) is 6.95. The van der Waals surface area contributed by atoms with E-state index in [0.29, 0.717) is 0 Å². The van der Waals surface area contributed by atoms with Crippen LogP contribution in [0.5, 0.6) is 0 Å². The molecule has 9 heteroatoms. The summed E-state index contributed by atoms with van der Waals surface area (Å²) in [6.45, 7) is -0.132. The van der Waals surface area contributed by atoms with Gasteiger partial charge in [0.05, 0.1) is 5.02 Å². The number of carbonyl (C=O) groups is 1. The minimum Gasteiger partial charge on any atom is -0.399 e. The molecule has 4 N–H and O–H groups in total. The van der Waals surface area contributed by atoms with E-state index in [2.05, 4.69) is 10.0 Å². The summed E-state index contributed by atoms with van der Waals surface area (Å²) in [5.74, 6) is -1.31. The third kappa shape index (κ3) is 4.29. The van der Waals surface area contributed by atoms with Crippen molar-refractivity contribution >= 4 is 33.2 Å². The fourth-order valence-corrected chi connectivity index (χ4v) is 3.13. The van der Waals surface area contributed by atoms with Crippen LogP contribution in [0.1, 0.15) is 19.3 Å². The van der Waals surface area contributed by atoms with E-state index in [1.54, 1.807) is 0 Å². The fraction of sp³-hybridized carbons (Fsp3) is 0.417. The van der Waals surface area contributed by atoms with Crippen LogP contribution in [-0.2, 0) is 14.8 Å². The topological polar surface area (TPSA) is 101 Å². The lowest BCUT2D eigenvalue weighted by molar-refractivity contribution is -0.121. The summed E-state index contributed by atoms with van der Waals surface area (Å²) in [4.78, 5) is 10.8. The Bertz CT molecular complexity index is 662. The number of nitrogen functional groups attached to an aromatic ring is 1. The summed E-state index contributed by atoms with van der Waals surface area (Å²) in [5.41, 5.74) is 5.49. The maximum Gasteiger partial charge on any atom is 0.243 e. The number of nitrogens with two attached hydrogens (primary N) is 1. The van der Waals surface area contributed by atoms with Crippen LogP contribution in [0.2, 0.25) is 5.02 Å². The molecule has 0 heterocycles. The lowest BCUT2D eigenvalue weighted by Gasteiger charge is -2.09. The van der Waals surface area contributed by atoms with Crippen molar-refractivity contribution in [2.45, 2.75) is 30.2 Å². The molecule has 0 saturated heterocycles. The molecule has 0 aromatic heterocycles. The Hall–Kier alpha value is -1.38. The standard InChI is InChI=1S/C12H15ClFN3O3S/c13-9-5-7(15)6-10(12(9)14)21(19,20)16-4-3-11(18)17-8-1-2-8/h5-6,8,16H,1-4,15H2,(H,17,18). The van der Waals surface area contributed by atoms with Crippen molar-refractivity contribution in [2.24, 2.45) is 0 Å². The van der Waals surface area contributed by atoms with Gasteiger partial charge in [-0.1, -0.05) is 11.6 Å². The second-order valence-electron chi connectivity index (χ2n) is 4.80. The van der Waals surface area contributed by atoms with Crippen molar-refractivity contribution in [3.8, 4) is 0 Å². The van der Waals surface area contributed by atoms with Crippen LogP contribution in [0.3, 0.4) is 0 Å². The van der Waals surface area contributed by atoms with Gasteiger partial charge in [0.1, 0.15) is 4.90 Å². The number of hydrogen-bond acceptors (Lipinski definition) is 4. The van der Waals surface area contributed by atoms with Crippen molar-refractivity contribution < 1.29 is 17.6 Å². The Balaban J connectivity index is 1.99. The third-order valence-electron chi connectivity index (χ3n) is 2.89. The van der Waals surface area contributed by atoms with E-state index in [1.165, 1.54) is 0 Å². The Morgan fingerprint density at radius 1 is 1.43 bits per heavy atom. The molecule has 0 bridgehead atoms. The number of anilines is 1. The number of carbonyl (C=O) groups excluding carboxylic acids is 1. The van der Waals surface area contributed by atoms with E-state index >= 15 is 0 Å². The minimum absolute atomic E-state index is 0.0204. The van der Waals surface area contributed by atoms with Crippen molar-refractivity contribution in [1.82, 2.24) is 10.0 Å². The smallest absolute Gasteiger partial charge is 0.243 e. The second kappa shape index (κ2) is 6.17. The van der Waals surface area contributed by atoms with Gasteiger partial charge in [0.25, 0.3) is 0 Å². The molecular weight excluding hydrogens is 321 g/mol. The zero-order valence-corrected chi connectivity index (χ0v) is 12.6. The summed E-state index contributed by atoms with van der Waals surface area (Å²) in [7, 11) is -4.11. The van der Waals surface area contributed by atoms with E-state index in [-0.39, 0.29) is 35.6 Å². The summed E-state index contributed by atoms with van der Waals surface area (Å²) >= 11 is 5.56. The molecule has 2 rings (SSSR count). The molecule has 0 unspecified atom stereocenters. The molecule has 0 spiro atoms. The van der Waals surface area contributed by atoms with E-state index in [4.69, 9.17) is 17.3 Å². The highest BCUT2D eigenvalue weighted by Crippen LogP contribution is 2.25. The first kappa shape index (κ1) is 16.0. The normalized spacial score (nSPS) is 15.0. The van der Waals surface area contributed by atoms with Crippen molar-refractivity contribution in [3.63, 3.8) is 0 Å². The summed E-state index contributed by atoms with van der Waals surface area (Å²) < 4.78 is 39.9. The monoisotopic (exact) mass is 335 g/mol. The molecule has 116 valence electrons. The molecule has 1 fully saturated rings. The number of nitrogens with one attached hydrogen (secondary N) is 2. The maximum atomic E-state index is 13.8. The molecule has 1 amide bonds. The molecule has 1 aliphatic rings. The molecule has 21 heavy (non-hydrogen) atoms. The van der Waals surface area contributed by atoms with Crippen molar-refractivity contribution in [2.75, 3.05) is 12.3 Å². The Morgan fingerprint density at radius 3 is 2.71 bits per heavy atom. The van der Waals surface area contributed by atoms with Gasteiger partial charge in [-0.3, -0.25) is 4.79 Å². The molecule has 1 saturated carbocycles. The number of benzene rings is 1. The fourth-order valence-electron chi connectivity index (χ4n) is 1.68. The van der Waals surface area contributed by atoms with Gasteiger partial charge in [-0.15, -0.1) is 0 Å². The third-order valence-corrected chi connectivity index (χ3v) is 4.63. The van der Waals surface area contributed by atoms with E-state index in [0.717, 1.165) is 25.0 Å². The maximum absolute atomic E-state index is 13.8. The number of hydrogen-bond donors (Lipinski definition) is 3. The highest BCUT2D eigenvalue weighted by atomic mass is 35.5. The first-order valence-corrected chi connectivity index (χ1v) is 8.19. The number of sulfonamides is 1. The molecule has 1 aromatic rings. The summed E-state index contributed by atoms with van der Waals surface area (Å²) in [6.07, 6.45) is 1.88. The SMILES string of the molecule is Nc1cc(Cl)c(F)c(S(=O)(=O)NCCC(=O)NC2CC2)c1. The van der Waals surface area contributed by atoms with Crippen LogP contribution in [0.15, 0.2) is 17.0 Å². The van der Waals surface area contributed by atoms with Crippen molar-refractivity contribution in [1.29, 1.82) is 0 Å². The van der Waals surface area contributed by atoms with Crippen LogP contribution in [-0.4, -0.2) is 26.9 Å². The lowest BCUT2D eigenvalue weighted by atomic mass is 10.3. The van der Waals surface area contributed by atoms with E-state index in [9.17, 15) is 17.6 Å². The van der Waals surface area contributed by atoms with Gasteiger partial charge < -0.3 is 11.1 Å².